The molecule has 6 heteroatoms. The van der Waals surface area contributed by atoms with Gasteiger partial charge in [0, 0.05) is 52.1 Å². The summed E-state index contributed by atoms with van der Waals surface area (Å²) in [6.07, 6.45) is 7.38. The second kappa shape index (κ2) is 8.53. The van der Waals surface area contributed by atoms with Gasteiger partial charge in [-0.05, 0) is 59.5 Å². The minimum Gasteiger partial charge on any atom is -0.435 e. The molecular weight excluding hydrogens is 482 g/mol. The molecule has 0 saturated heterocycles. The Morgan fingerprint density at radius 2 is 1.36 bits per heavy atom. The fraction of sp³-hybridized carbons (Fsp3) is 0. The van der Waals surface area contributed by atoms with E-state index in [0.717, 1.165) is 66.1 Å². The number of benzene rings is 3. The van der Waals surface area contributed by atoms with Crippen molar-refractivity contribution in [3.8, 4) is 34.0 Å². The number of oxazole rings is 1. The highest BCUT2D eigenvalue weighted by Gasteiger charge is 2.15. The maximum absolute atomic E-state index is 6.12. The van der Waals surface area contributed by atoms with E-state index in [2.05, 4.69) is 58.5 Å². The summed E-state index contributed by atoms with van der Waals surface area (Å²) in [7, 11) is 0. The van der Waals surface area contributed by atoms with Crippen LogP contribution in [-0.2, 0) is 0 Å². The summed E-state index contributed by atoms with van der Waals surface area (Å²) in [5, 5.41) is 4.28. The van der Waals surface area contributed by atoms with E-state index in [0.29, 0.717) is 11.6 Å². The van der Waals surface area contributed by atoms with Crippen molar-refractivity contribution in [2.45, 2.75) is 0 Å². The summed E-state index contributed by atoms with van der Waals surface area (Å²) in [5.74, 6) is 0.477. The van der Waals surface area contributed by atoms with E-state index < -0.39 is 0 Å². The van der Waals surface area contributed by atoms with Gasteiger partial charge in [0.25, 0.3) is 0 Å². The minimum atomic E-state index is 0.477. The van der Waals surface area contributed by atoms with Crippen LogP contribution in [0.15, 0.2) is 120 Å². The Morgan fingerprint density at radius 3 is 2.33 bits per heavy atom. The second-order valence-electron chi connectivity index (χ2n) is 9.49. The van der Waals surface area contributed by atoms with Crippen LogP contribution in [0.2, 0.25) is 0 Å². The first-order valence-corrected chi connectivity index (χ1v) is 12.6. The van der Waals surface area contributed by atoms with Crippen LogP contribution in [0.3, 0.4) is 0 Å². The third-order valence-electron chi connectivity index (χ3n) is 7.03. The first-order valence-electron chi connectivity index (χ1n) is 12.6. The number of hydrogen-bond acceptors (Lipinski definition) is 6. The Hall–Kier alpha value is -5.49. The molecule has 6 nitrogen and oxygen atoms in total. The molecule has 0 saturated carbocycles. The number of nitrogens with zero attached hydrogens (tertiary/aromatic N) is 5. The van der Waals surface area contributed by atoms with Gasteiger partial charge in [0.05, 0.1) is 16.7 Å². The quantitative estimate of drug-likeness (QED) is 0.229. The summed E-state index contributed by atoms with van der Waals surface area (Å²) in [5.41, 5.74) is 7.70. The molecule has 0 unspecified atom stereocenters. The summed E-state index contributed by atoms with van der Waals surface area (Å²) < 4.78 is 6.12. The summed E-state index contributed by atoms with van der Waals surface area (Å²) in [4.78, 5) is 23.4. The number of pyridine rings is 4. The summed E-state index contributed by atoms with van der Waals surface area (Å²) in [6, 6.07) is 30.5. The highest BCUT2D eigenvalue weighted by atomic mass is 16.3. The first kappa shape index (κ1) is 21.6. The van der Waals surface area contributed by atoms with Crippen LogP contribution in [0.4, 0.5) is 0 Å². The van der Waals surface area contributed by atoms with Gasteiger partial charge in [0.2, 0.25) is 5.89 Å². The summed E-state index contributed by atoms with van der Waals surface area (Å²) in [6.45, 7) is 0. The molecule has 8 aromatic rings. The van der Waals surface area contributed by atoms with Gasteiger partial charge in [-0.1, -0.05) is 42.5 Å². The SMILES string of the molecule is c1cnc2c(c1)ccc1cc(-c3cc(-c4ccc5ccncc5c4)nc(-c4nc5ccccc5o4)c3)cnc12. The molecular formula is C33H19N5O. The lowest BCUT2D eigenvalue weighted by molar-refractivity contribution is 0.617. The molecule has 5 heterocycles. The van der Waals surface area contributed by atoms with Crippen molar-refractivity contribution in [3.63, 3.8) is 0 Å². The average Bonchev–Trinajstić information content (AvgIpc) is 3.45. The molecule has 39 heavy (non-hydrogen) atoms. The van der Waals surface area contributed by atoms with Crippen molar-refractivity contribution in [1.29, 1.82) is 0 Å². The number of fused-ring (bicyclic) bond motifs is 5. The lowest BCUT2D eigenvalue weighted by Gasteiger charge is -2.10. The molecule has 0 radical (unpaired) electrons. The molecule has 8 rings (SSSR count). The van der Waals surface area contributed by atoms with E-state index in [4.69, 9.17) is 19.4 Å². The smallest absolute Gasteiger partial charge is 0.246 e. The Kier molecular flexibility index (Phi) is 4.72. The van der Waals surface area contributed by atoms with E-state index in [9.17, 15) is 0 Å². The van der Waals surface area contributed by atoms with Crippen molar-refractivity contribution in [2.24, 2.45) is 0 Å². The molecule has 0 spiro atoms. The van der Waals surface area contributed by atoms with E-state index in [1.54, 1.807) is 12.4 Å². The first-order chi connectivity index (χ1) is 19.3. The van der Waals surface area contributed by atoms with Crippen molar-refractivity contribution in [2.75, 3.05) is 0 Å². The van der Waals surface area contributed by atoms with Crippen molar-refractivity contribution < 1.29 is 4.42 Å². The number of hydrogen-bond donors (Lipinski definition) is 0. The van der Waals surface area contributed by atoms with E-state index >= 15 is 0 Å². The van der Waals surface area contributed by atoms with Crippen LogP contribution in [0, 0.1) is 0 Å². The lowest BCUT2D eigenvalue weighted by atomic mass is 10.0. The maximum atomic E-state index is 6.12. The number of rotatable bonds is 3. The zero-order chi connectivity index (χ0) is 25.8. The molecule has 0 bridgehead atoms. The van der Waals surface area contributed by atoms with E-state index in [1.165, 1.54) is 0 Å². The summed E-state index contributed by atoms with van der Waals surface area (Å²) >= 11 is 0. The van der Waals surface area contributed by atoms with Gasteiger partial charge in [0.1, 0.15) is 11.2 Å². The van der Waals surface area contributed by atoms with Crippen LogP contribution < -0.4 is 0 Å². The zero-order valence-corrected chi connectivity index (χ0v) is 20.6. The Balaban J connectivity index is 1.34. The van der Waals surface area contributed by atoms with Gasteiger partial charge in [-0.25, -0.2) is 9.97 Å². The molecule has 0 fully saturated rings. The largest absolute Gasteiger partial charge is 0.435 e. The predicted molar refractivity (Wildman–Crippen MR) is 154 cm³/mol. The highest BCUT2D eigenvalue weighted by molar-refractivity contribution is 6.03. The van der Waals surface area contributed by atoms with Gasteiger partial charge in [-0.15, -0.1) is 0 Å². The minimum absolute atomic E-state index is 0.477. The monoisotopic (exact) mass is 501 g/mol. The van der Waals surface area contributed by atoms with Gasteiger partial charge >= 0.3 is 0 Å². The standard InChI is InChI=1S/C33H19N5O/c1-2-6-30-27(5-1)38-33(39-30)29-17-24(16-28(37-29)22-9-7-20-11-13-34-18-25(20)14-22)26-15-23-10-8-21-4-3-12-35-31(21)32(23)36-19-26/h1-19H. The molecule has 0 N–H and O–H groups in total. The highest BCUT2D eigenvalue weighted by Crippen LogP contribution is 2.34. The van der Waals surface area contributed by atoms with Crippen LogP contribution in [0.1, 0.15) is 0 Å². The Labute approximate surface area is 222 Å². The third kappa shape index (κ3) is 3.69. The zero-order valence-electron chi connectivity index (χ0n) is 20.6. The molecule has 182 valence electrons. The maximum Gasteiger partial charge on any atom is 0.246 e. The van der Waals surface area contributed by atoms with Crippen molar-refractivity contribution >= 4 is 43.7 Å². The topological polar surface area (TPSA) is 77.6 Å². The average molecular weight is 502 g/mol. The van der Waals surface area contributed by atoms with Gasteiger partial charge in [-0.3, -0.25) is 15.0 Å². The van der Waals surface area contributed by atoms with Crippen LogP contribution in [0.25, 0.3) is 77.6 Å². The fourth-order valence-electron chi connectivity index (χ4n) is 5.07. The van der Waals surface area contributed by atoms with Crippen LogP contribution in [0.5, 0.6) is 0 Å². The lowest BCUT2D eigenvalue weighted by Crippen LogP contribution is -1.93. The van der Waals surface area contributed by atoms with Crippen LogP contribution >= 0.6 is 0 Å². The number of aromatic nitrogens is 5. The van der Waals surface area contributed by atoms with E-state index in [1.807, 2.05) is 54.9 Å². The molecule has 0 aliphatic heterocycles. The Morgan fingerprint density at radius 1 is 0.513 bits per heavy atom. The Bertz CT molecular complexity index is 2170. The van der Waals surface area contributed by atoms with Crippen molar-refractivity contribution in [1.82, 2.24) is 24.9 Å². The molecule has 3 aromatic carbocycles. The third-order valence-corrected chi connectivity index (χ3v) is 7.03. The second-order valence-corrected chi connectivity index (χ2v) is 9.49. The number of para-hydroxylation sites is 2. The van der Waals surface area contributed by atoms with Crippen molar-refractivity contribution in [3.05, 3.63) is 116 Å². The fourth-order valence-corrected chi connectivity index (χ4v) is 5.07. The molecule has 0 aliphatic rings. The molecule has 5 aromatic heterocycles. The van der Waals surface area contributed by atoms with E-state index in [-0.39, 0.29) is 0 Å². The molecule has 0 atom stereocenters. The molecule has 0 amide bonds. The predicted octanol–water partition coefficient (Wildman–Crippen LogP) is 7.87. The molecule has 0 aliphatic carbocycles. The van der Waals surface area contributed by atoms with Gasteiger partial charge < -0.3 is 4.42 Å². The van der Waals surface area contributed by atoms with Gasteiger partial charge in [0.15, 0.2) is 5.58 Å². The van der Waals surface area contributed by atoms with Gasteiger partial charge in [-0.2, -0.15) is 0 Å². The van der Waals surface area contributed by atoms with Crippen LogP contribution in [-0.4, -0.2) is 24.9 Å². The normalized spacial score (nSPS) is 11.6.